The highest BCUT2D eigenvalue weighted by atomic mass is 32.2. The Balaban J connectivity index is 1.83. The summed E-state index contributed by atoms with van der Waals surface area (Å²) in [6.07, 6.45) is 3.33. The average molecular weight is 337 g/mol. The van der Waals surface area contributed by atoms with Crippen LogP contribution in [0.15, 0.2) is 34.3 Å². The third-order valence-corrected chi connectivity index (χ3v) is 4.37. The first-order valence-electron chi connectivity index (χ1n) is 7.48. The van der Waals surface area contributed by atoms with Gasteiger partial charge >= 0.3 is 0 Å². The molecule has 1 atom stereocenters. The van der Waals surface area contributed by atoms with E-state index < -0.39 is 0 Å². The molecule has 2 heterocycles. The van der Waals surface area contributed by atoms with Crippen LogP contribution in [0, 0.1) is 0 Å². The summed E-state index contributed by atoms with van der Waals surface area (Å²) in [5.74, 6) is 1.11. The normalized spacial score (nSPS) is 12.8. The summed E-state index contributed by atoms with van der Waals surface area (Å²) in [5, 5.41) is 11.6. The minimum atomic E-state index is -0.0355. The molecule has 0 bridgehead atoms. The zero-order valence-electron chi connectivity index (χ0n) is 13.9. The summed E-state index contributed by atoms with van der Waals surface area (Å²) in [5.41, 5.74) is 0. The maximum atomic E-state index is 12.1. The van der Waals surface area contributed by atoms with Crippen molar-refractivity contribution < 1.29 is 9.21 Å². The Labute approximate surface area is 140 Å². The standard InChI is InChI=1S/C15H23N5O2S/c1-11(2)20-10-17-18-15(20)23-9-14(21)16-8-12(19(3)4)13-6-5-7-22-13/h5-7,10-12H,8-9H2,1-4H3,(H,16,21)/t12-/m1/s1. The predicted octanol–water partition coefficient (Wildman–Crippen LogP) is 1.96. The minimum Gasteiger partial charge on any atom is -0.468 e. The molecule has 0 saturated heterocycles. The highest BCUT2D eigenvalue weighted by molar-refractivity contribution is 7.99. The van der Waals surface area contributed by atoms with E-state index in [1.807, 2.05) is 35.7 Å². The van der Waals surface area contributed by atoms with Crippen LogP contribution in [-0.2, 0) is 4.79 Å². The van der Waals surface area contributed by atoms with E-state index in [0.29, 0.717) is 12.3 Å². The maximum absolute atomic E-state index is 12.1. The number of nitrogens with one attached hydrogen (secondary N) is 1. The Bertz CT molecular complexity index is 609. The lowest BCUT2D eigenvalue weighted by atomic mass is 10.2. The molecule has 0 aliphatic rings. The molecular weight excluding hydrogens is 314 g/mol. The number of aromatic nitrogens is 3. The molecule has 1 N–H and O–H groups in total. The van der Waals surface area contributed by atoms with Gasteiger partial charge in [-0.15, -0.1) is 10.2 Å². The number of nitrogens with zero attached hydrogens (tertiary/aromatic N) is 4. The molecule has 0 aliphatic carbocycles. The van der Waals surface area contributed by atoms with Gasteiger partial charge in [-0.05, 0) is 40.1 Å². The number of carbonyl (C=O) groups is 1. The van der Waals surface area contributed by atoms with E-state index in [4.69, 9.17) is 4.42 Å². The van der Waals surface area contributed by atoms with Gasteiger partial charge < -0.3 is 14.3 Å². The molecule has 7 nitrogen and oxygen atoms in total. The summed E-state index contributed by atoms with van der Waals surface area (Å²) in [6.45, 7) is 4.61. The SMILES string of the molecule is CC(C)n1cnnc1SCC(=O)NC[C@H](c1ccco1)N(C)C. The Morgan fingerprint density at radius 2 is 2.26 bits per heavy atom. The lowest BCUT2D eigenvalue weighted by Crippen LogP contribution is -2.35. The van der Waals surface area contributed by atoms with Crippen LogP contribution in [-0.4, -0.2) is 52.0 Å². The number of carbonyl (C=O) groups excluding carboxylic acids is 1. The highest BCUT2D eigenvalue weighted by Gasteiger charge is 2.18. The van der Waals surface area contributed by atoms with Gasteiger partial charge in [0.15, 0.2) is 5.16 Å². The Kier molecular flexibility index (Phi) is 6.23. The Morgan fingerprint density at radius 1 is 1.48 bits per heavy atom. The van der Waals surface area contributed by atoms with Gasteiger partial charge in [0.2, 0.25) is 5.91 Å². The number of hydrogen-bond donors (Lipinski definition) is 1. The van der Waals surface area contributed by atoms with Gasteiger partial charge in [0.1, 0.15) is 12.1 Å². The molecule has 126 valence electrons. The van der Waals surface area contributed by atoms with Gasteiger partial charge in [-0.3, -0.25) is 9.69 Å². The van der Waals surface area contributed by atoms with Gasteiger partial charge in [0.05, 0.1) is 18.1 Å². The molecule has 0 spiro atoms. The summed E-state index contributed by atoms with van der Waals surface area (Å²) in [4.78, 5) is 14.1. The van der Waals surface area contributed by atoms with Gasteiger partial charge in [-0.25, -0.2) is 0 Å². The first kappa shape index (κ1) is 17.6. The van der Waals surface area contributed by atoms with Crippen molar-refractivity contribution in [3.05, 3.63) is 30.5 Å². The van der Waals surface area contributed by atoms with Crippen molar-refractivity contribution in [2.45, 2.75) is 31.1 Å². The largest absolute Gasteiger partial charge is 0.468 e. The Morgan fingerprint density at radius 3 is 2.87 bits per heavy atom. The van der Waals surface area contributed by atoms with Crippen molar-refractivity contribution in [2.24, 2.45) is 0 Å². The fourth-order valence-corrected chi connectivity index (χ4v) is 2.97. The van der Waals surface area contributed by atoms with Gasteiger partial charge in [0, 0.05) is 12.6 Å². The van der Waals surface area contributed by atoms with Crippen molar-refractivity contribution in [3.8, 4) is 0 Å². The van der Waals surface area contributed by atoms with Crippen molar-refractivity contribution in [1.29, 1.82) is 0 Å². The number of rotatable bonds is 8. The zero-order valence-corrected chi connectivity index (χ0v) is 14.7. The van der Waals surface area contributed by atoms with Crippen LogP contribution < -0.4 is 5.32 Å². The van der Waals surface area contributed by atoms with Crippen LogP contribution in [0.4, 0.5) is 0 Å². The molecule has 0 fully saturated rings. The second kappa shape index (κ2) is 8.16. The average Bonchev–Trinajstić information content (AvgIpc) is 3.16. The van der Waals surface area contributed by atoms with Crippen LogP contribution in [0.1, 0.15) is 31.7 Å². The van der Waals surface area contributed by atoms with E-state index in [-0.39, 0.29) is 18.0 Å². The predicted molar refractivity (Wildman–Crippen MR) is 89.3 cm³/mol. The van der Waals surface area contributed by atoms with E-state index in [2.05, 4.69) is 29.4 Å². The number of furan rings is 1. The summed E-state index contributed by atoms with van der Waals surface area (Å²) in [7, 11) is 3.92. The first-order valence-corrected chi connectivity index (χ1v) is 8.46. The van der Waals surface area contributed by atoms with Crippen molar-refractivity contribution in [1.82, 2.24) is 25.0 Å². The molecule has 8 heteroatoms. The molecule has 2 aromatic heterocycles. The molecule has 1 amide bonds. The van der Waals surface area contributed by atoms with Crippen LogP contribution >= 0.6 is 11.8 Å². The quantitative estimate of drug-likeness (QED) is 0.742. The summed E-state index contributed by atoms with van der Waals surface area (Å²) >= 11 is 1.39. The molecule has 2 rings (SSSR count). The Hall–Kier alpha value is -1.80. The van der Waals surface area contributed by atoms with Crippen molar-refractivity contribution in [2.75, 3.05) is 26.4 Å². The lowest BCUT2D eigenvalue weighted by Gasteiger charge is -2.22. The van der Waals surface area contributed by atoms with Crippen LogP contribution in [0.25, 0.3) is 0 Å². The van der Waals surface area contributed by atoms with Crippen LogP contribution in [0.3, 0.4) is 0 Å². The molecule has 0 saturated carbocycles. The van der Waals surface area contributed by atoms with Crippen molar-refractivity contribution >= 4 is 17.7 Å². The van der Waals surface area contributed by atoms with E-state index in [0.717, 1.165) is 10.9 Å². The monoisotopic (exact) mass is 337 g/mol. The second-order valence-corrected chi connectivity index (χ2v) is 6.64. The maximum Gasteiger partial charge on any atom is 0.230 e. The molecular formula is C15H23N5O2S. The number of thioether (sulfide) groups is 1. The molecule has 0 aromatic carbocycles. The first-order chi connectivity index (χ1) is 11.0. The molecule has 2 aromatic rings. The van der Waals surface area contributed by atoms with Gasteiger partial charge in [0.25, 0.3) is 0 Å². The second-order valence-electron chi connectivity index (χ2n) is 5.70. The van der Waals surface area contributed by atoms with E-state index >= 15 is 0 Å². The number of likely N-dealkylation sites (N-methyl/N-ethyl adjacent to an activating group) is 1. The minimum absolute atomic E-state index is 0.0123. The van der Waals surface area contributed by atoms with Gasteiger partial charge in [-0.2, -0.15) is 0 Å². The molecule has 0 unspecified atom stereocenters. The van der Waals surface area contributed by atoms with Gasteiger partial charge in [-0.1, -0.05) is 11.8 Å². The topological polar surface area (TPSA) is 76.2 Å². The van der Waals surface area contributed by atoms with E-state index in [1.165, 1.54) is 11.8 Å². The van der Waals surface area contributed by atoms with Crippen LogP contribution in [0.5, 0.6) is 0 Å². The fourth-order valence-electron chi connectivity index (χ4n) is 2.10. The molecule has 23 heavy (non-hydrogen) atoms. The molecule has 0 radical (unpaired) electrons. The third kappa shape index (κ3) is 4.84. The van der Waals surface area contributed by atoms with Crippen molar-refractivity contribution in [3.63, 3.8) is 0 Å². The summed E-state index contributed by atoms with van der Waals surface area (Å²) < 4.78 is 7.38. The lowest BCUT2D eigenvalue weighted by molar-refractivity contribution is -0.118. The van der Waals surface area contributed by atoms with E-state index in [1.54, 1.807) is 12.6 Å². The molecule has 0 aliphatic heterocycles. The summed E-state index contributed by atoms with van der Waals surface area (Å²) in [6, 6.07) is 4.05. The van der Waals surface area contributed by atoms with Crippen LogP contribution in [0.2, 0.25) is 0 Å². The smallest absolute Gasteiger partial charge is 0.230 e. The highest BCUT2D eigenvalue weighted by Crippen LogP contribution is 2.19. The number of amides is 1. The number of hydrogen-bond acceptors (Lipinski definition) is 6. The van der Waals surface area contributed by atoms with E-state index in [9.17, 15) is 4.79 Å². The zero-order chi connectivity index (χ0) is 16.8. The fraction of sp³-hybridized carbons (Fsp3) is 0.533. The third-order valence-electron chi connectivity index (χ3n) is 3.42.